The summed E-state index contributed by atoms with van der Waals surface area (Å²) in [4.78, 5) is 0. The molecular weight excluding hydrogens is 283 g/mol. The Morgan fingerprint density at radius 3 is 1.91 bits per heavy atom. The van der Waals surface area contributed by atoms with Crippen molar-refractivity contribution < 1.29 is 0 Å². The van der Waals surface area contributed by atoms with Crippen LogP contribution in [-0.2, 0) is 0 Å². The van der Waals surface area contributed by atoms with Crippen LogP contribution in [-0.4, -0.2) is 5.66 Å². The Morgan fingerprint density at radius 1 is 0.773 bits per heavy atom. The predicted molar refractivity (Wildman–Crippen MR) is 97.3 cm³/mol. The van der Waals surface area contributed by atoms with Gasteiger partial charge in [0.1, 0.15) is 0 Å². The Balaban J connectivity index is 1.78. The second-order valence-corrected chi connectivity index (χ2v) is 9.17. The maximum Gasteiger partial charge on any atom is -0.00694 e. The number of rotatable bonds is 3. The van der Waals surface area contributed by atoms with E-state index in [0.717, 1.165) is 5.66 Å². The zero-order chi connectivity index (χ0) is 14.8. The molecule has 113 valence electrons. The predicted octanol–water partition coefficient (Wildman–Crippen LogP) is 5.05. The largest absolute Gasteiger partial charge is 0.0622 e. The van der Waals surface area contributed by atoms with Gasteiger partial charge in [0.2, 0.25) is 0 Å². The van der Waals surface area contributed by atoms with Gasteiger partial charge < -0.3 is 0 Å². The topological polar surface area (TPSA) is 0 Å². The van der Waals surface area contributed by atoms with E-state index in [1.807, 2.05) is 0 Å². The van der Waals surface area contributed by atoms with Gasteiger partial charge in [-0.2, -0.15) is 0 Å². The molecule has 2 atom stereocenters. The standard InChI is InChI=1S/C21H24P/c1-3-10-18(11-4-1)22(19-12-5-2-6-13-19)20-14-9-17-21(20)15-7-8-16-21/h1-6,10-13,15,20H,7-9,14,16-17H2/t20-,21-/m1/s1. The maximum absolute atomic E-state index is 2.70. The van der Waals surface area contributed by atoms with Crippen LogP contribution in [0, 0.1) is 11.8 Å². The van der Waals surface area contributed by atoms with Gasteiger partial charge in [0.25, 0.3) is 0 Å². The van der Waals surface area contributed by atoms with Crippen LogP contribution in [0.5, 0.6) is 0 Å². The summed E-state index contributed by atoms with van der Waals surface area (Å²) in [6.45, 7) is 0. The molecule has 2 aliphatic rings. The Morgan fingerprint density at radius 2 is 1.36 bits per heavy atom. The molecule has 0 unspecified atom stereocenters. The molecule has 1 heteroatoms. The van der Waals surface area contributed by atoms with E-state index in [9.17, 15) is 0 Å². The van der Waals surface area contributed by atoms with Gasteiger partial charge in [0.15, 0.2) is 0 Å². The summed E-state index contributed by atoms with van der Waals surface area (Å²) in [6, 6.07) is 22.6. The zero-order valence-corrected chi connectivity index (χ0v) is 14.0. The maximum atomic E-state index is 2.70. The first-order valence-electron chi connectivity index (χ1n) is 8.63. The van der Waals surface area contributed by atoms with Crippen molar-refractivity contribution in [2.45, 2.75) is 44.2 Å². The Kier molecular flexibility index (Phi) is 4.05. The lowest BCUT2D eigenvalue weighted by atomic mass is 9.84. The first-order chi connectivity index (χ1) is 10.9. The van der Waals surface area contributed by atoms with Crippen LogP contribution >= 0.6 is 7.92 Å². The zero-order valence-electron chi connectivity index (χ0n) is 13.1. The molecule has 2 aromatic rings. The average molecular weight is 307 g/mol. The molecule has 0 bridgehead atoms. The molecule has 0 aromatic heterocycles. The minimum atomic E-state index is -0.243. The monoisotopic (exact) mass is 307 g/mol. The summed E-state index contributed by atoms with van der Waals surface area (Å²) in [5.41, 5.74) is 1.38. The van der Waals surface area contributed by atoms with E-state index in [2.05, 4.69) is 67.1 Å². The smallest absolute Gasteiger partial charge is 0.00694 e. The lowest BCUT2D eigenvalue weighted by molar-refractivity contribution is 0.383. The van der Waals surface area contributed by atoms with E-state index >= 15 is 0 Å². The van der Waals surface area contributed by atoms with Crippen molar-refractivity contribution in [3.05, 3.63) is 67.1 Å². The van der Waals surface area contributed by atoms with E-state index in [0.29, 0.717) is 5.41 Å². The normalized spacial score (nSPS) is 23.4. The van der Waals surface area contributed by atoms with Crippen molar-refractivity contribution in [2.75, 3.05) is 0 Å². The van der Waals surface area contributed by atoms with Crippen molar-refractivity contribution >= 4 is 18.5 Å². The number of hydrogen-bond donors (Lipinski definition) is 0. The third-order valence-corrected chi connectivity index (χ3v) is 8.67. The Labute approximate surface area is 135 Å². The van der Waals surface area contributed by atoms with Crippen LogP contribution in [0.25, 0.3) is 0 Å². The lowest BCUT2D eigenvalue weighted by Crippen LogP contribution is -2.32. The molecule has 0 aliphatic heterocycles. The molecule has 2 fully saturated rings. The molecule has 2 aliphatic carbocycles. The van der Waals surface area contributed by atoms with E-state index in [4.69, 9.17) is 0 Å². The highest BCUT2D eigenvalue weighted by Gasteiger charge is 2.48. The van der Waals surface area contributed by atoms with Crippen molar-refractivity contribution in [2.24, 2.45) is 5.41 Å². The van der Waals surface area contributed by atoms with Crippen molar-refractivity contribution in [3.8, 4) is 0 Å². The van der Waals surface area contributed by atoms with Gasteiger partial charge in [0.05, 0.1) is 0 Å². The van der Waals surface area contributed by atoms with Crippen LogP contribution < -0.4 is 10.6 Å². The summed E-state index contributed by atoms with van der Waals surface area (Å²) >= 11 is 0. The van der Waals surface area contributed by atoms with Crippen molar-refractivity contribution in [1.29, 1.82) is 0 Å². The quantitative estimate of drug-likeness (QED) is 0.696. The molecule has 0 saturated heterocycles. The third-order valence-electron chi connectivity index (χ3n) is 5.56. The van der Waals surface area contributed by atoms with Crippen molar-refractivity contribution in [1.82, 2.24) is 0 Å². The number of benzene rings is 2. The van der Waals surface area contributed by atoms with Gasteiger partial charge in [-0.25, -0.2) is 0 Å². The SMILES string of the molecule is [CH]1CCC[C@@]12CCC[C@H]2P(c1ccccc1)c1ccccc1. The fourth-order valence-corrected chi connectivity index (χ4v) is 7.93. The van der Waals surface area contributed by atoms with Gasteiger partial charge in [-0.15, -0.1) is 0 Å². The highest BCUT2D eigenvalue weighted by molar-refractivity contribution is 7.73. The first-order valence-corrected chi connectivity index (χ1v) is 10.0. The van der Waals surface area contributed by atoms with E-state index < -0.39 is 0 Å². The molecular formula is C21H24P. The number of hydrogen-bond acceptors (Lipinski definition) is 0. The Bertz CT molecular complexity index is 553. The fraction of sp³-hybridized carbons (Fsp3) is 0.381. The molecule has 0 N–H and O–H groups in total. The molecule has 0 heterocycles. The molecule has 2 aromatic carbocycles. The van der Waals surface area contributed by atoms with Crippen LogP contribution in [0.2, 0.25) is 0 Å². The van der Waals surface area contributed by atoms with E-state index in [-0.39, 0.29) is 7.92 Å². The lowest BCUT2D eigenvalue weighted by Gasteiger charge is -2.37. The second-order valence-electron chi connectivity index (χ2n) is 6.78. The van der Waals surface area contributed by atoms with E-state index in [1.165, 1.54) is 38.5 Å². The third kappa shape index (κ3) is 2.52. The molecule has 2 saturated carbocycles. The molecule has 1 radical (unpaired) electrons. The molecule has 0 amide bonds. The van der Waals surface area contributed by atoms with E-state index in [1.54, 1.807) is 10.6 Å². The van der Waals surface area contributed by atoms with Gasteiger partial charge in [-0.1, -0.05) is 73.5 Å². The molecule has 22 heavy (non-hydrogen) atoms. The van der Waals surface area contributed by atoms with Gasteiger partial charge >= 0.3 is 0 Å². The summed E-state index contributed by atoms with van der Waals surface area (Å²) < 4.78 is 0. The second kappa shape index (κ2) is 6.17. The highest BCUT2D eigenvalue weighted by Crippen LogP contribution is 2.61. The summed E-state index contributed by atoms with van der Waals surface area (Å²) in [5.74, 6) is 0. The molecule has 0 nitrogen and oxygen atoms in total. The molecule has 4 rings (SSSR count). The summed E-state index contributed by atoms with van der Waals surface area (Å²) in [7, 11) is -0.243. The summed E-state index contributed by atoms with van der Waals surface area (Å²) in [5, 5.41) is 3.13. The van der Waals surface area contributed by atoms with Gasteiger partial charge in [0, 0.05) is 0 Å². The minimum absolute atomic E-state index is 0.243. The van der Waals surface area contributed by atoms with Crippen LogP contribution in [0.15, 0.2) is 60.7 Å². The average Bonchev–Trinajstić information content (AvgIpc) is 3.21. The first kappa shape index (κ1) is 14.5. The fourth-order valence-electron chi connectivity index (χ4n) is 4.60. The van der Waals surface area contributed by atoms with Gasteiger partial charge in [-0.05, 0) is 61.7 Å². The summed E-state index contributed by atoms with van der Waals surface area (Å²) in [6.07, 6.45) is 11.1. The molecule has 1 spiro atoms. The minimum Gasteiger partial charge on any atom is -0.0622 e. The van der Waals surface area contributed by atoms with Gasteiger partial charge in [-0.3, -0.25) is 0 Å². The van der Waals surface area contributed by atoms with Crippen LogP contribution in [0.1, 0.15) is 38.5 Å². The van der Waals surface area contributed by atoms with Crippen LogP contribution in [0.4, 0.5) is 0 Å². The Hall–Kier alpha value is -1.13. The van der Waals surface area contributed by atoms with Crippen molar-refractivity contribution in [3.63, 3.8) is 0 Å². The highest BCUT2D eigenvalue weighted by atomic mass is 31.1. The van der Waals surface area contributed by atoms with Crippen LogP contribution in [0.3, 0.4) is 0 Å².